The Bertz CT molecular complexity index is 721. The highest BCUT2D eigenvalue weighted by molar-refractivity contribution is 5.25. The summed E-state index contributed by atoms with van der Waals surface area (Å²) in [5.41, 5.74) is 9.94. The van der Waals surface area contributed by atoms with Gasteiger partial charge in [-0.15, -0.1) is 0 Å². The highest BCUT2D eigenvalue weighted by Crippen LogP contribution is 2.67. The summed E-state index contributed by atoms with van der Waals surface area (Å²) < 4.78 is 0. The fraction of sp³-hybridized carbons (Fsp3) is 0.938. The first kappa shape index (κ1) is 25.8. The molecule has 4 aliphatic rings. The molecule has 0 aromatic rings. The lowest BCUT2D eigenvalue weighted by Crippen LogP contribution is -2.51. The summed E-state index contributed by atoms with van der Waals surface area (Å²) in [5.74, 6) is 5.38. The van der Waals surface area contributed by atoms with E-state index in [9.17, 15) is 0 Å². The number of hydrogen-bond acceptors (Lipinski definition) is 1. The lowest BCUT2D eigenvalue weighted by atomic mass is 9.47. The molecule has 0 heterocycles. The predicted octanol–water partition coefficient (Wildman–Crippen LogP) is 9.02. The highest BCUT2D eigenvalue weighted by Gasteiger charge is 2.59. The highest BCUT2D eigenvalue weighted by atomic mass is 14.7. The predicted molar refractivity (Wildman–Crippen MR) is 144 cm³/mol. The molecule has 0 unspecified atom stereocenters. The second-order valence-corrected chi connectivity index (χ2v) is 15.8. The largest absolute Gasteiger partial charge is 0.327 e. The van der Waals surface area contributed by atoms with E-state index in [1.807, 2.05) is 0 Å². The van der Waals surface area contributed by atoms with Gasteiger partial charge in [0.1, 0.15) is 0 Å². The van der Waals surface area contributed by atoms with Crippen LogP contribution in [0.2, 0.25) is 0 Å². The van der Waals surface area contributed by atoms with Crippen molar-refractivity contribution in [2.45, 2.75) is 133 Å². The van der Waals surface area contributed by atoms with Crippen LogP contribution in [0, 0.1) is 57.2 Å². The van der Waals surface area contributed by atoms with E-state index in [4.69, 9.17) is 5.73 Å². The second kappa shape index (κ2) is 8.67. The molecule has 0 radical (unpaired) electrons. The van der Waals surface area contributed by atoms with Gasteiger partial charge in [0, 0.05) is 6.04 Å². The molecular formula is C32H57N. The fourth-order valence-corrected chi connectivity index (χ4v) is 10.5. The average Bonchev–Trinajstić information content (AvgIpc) is 3.03. The van der Waals surface area contributed by atoms with Gasteiger partial charge >= 0.3 is 0 Å². The van der Waals surface area contributed by atoms with E-state index >= 15 is 0 Å². The topological polar surface area (TPSA) is 26.0 Å². The molecule has 33 heavy (non-hydrogen) atoms. The first-order valence-electron chi connectivity index (χ1n) is 14.6. The van der Waals surface area contributed by atoms with Gasteiger partial charge in [0.05, 0.1) is 0 Å². The van der Waals surface area contributed by atoms with Crippen molar-refractivity contribution in [2.75, 3.05) is 0 Å². The molecule has 3 saturated carbocycles. The van der Waals surface area contributed by atoms with E-state index in [1.165, 1.54) is 64.2 Å². The SMILES string of the molecule is C[C@H](CCC(C(C)(C)C)C(C)(C)C)[C@H]1CC[C@H]2[C@@H]3CC=C4C[C@@H](N)CC[C@]4(C)[C@H]3CC[C@]12C. The number of rotatable bonds is 4. The number of nitrogens with two attached hydrogens (primary N) is 1. The van der Waals surface area contributed by atoms with Gasteiger partial charge in [-0.1, -0.05) is 80.4 Å². The molecule has 0 aromatic carbocycles. The van der Waals surface area contributed by atoms with Crippen LogP contribution in [0.1, 0.15) is 127 Å². The average molecular weight is 456 g/mol. The normalized spacial score (nSPS) is 42.4. The molecule has 2 N–H and O–H groups in total. The van der Waals surface area contributed by atoms with Crippen LogP contribution in [-0.4, -0.2) is 6.04 Å². The third-order valence-corrected chi connectivity index (χ3v) is 11.9. The van der Waals surface area contributed by atoms with Gasteiger partial charge in [0.2, 0.25) is 0 Å². The van der Waals surface area contributed by atoms with E-state index < -0.39 is 0 Å². The van der Waals surface area contributed by atoms with Crippen LogP contribution >= 0.6 is 0 Å². The monoisotopic (exact) mass is 455 g/mol. The maximum atomic E-state index is 6.39. The molecule has 190 valence electrons. The van der Waals surface area contributed by atoms with Gasteiger partial charge in [0.25, 0.3) is 0 Å². The Morgan fingerprint density at radius 3 is 2.21 bits per heavy atom. The van der Waals surface area contributed by atoms with Crippen LogP contribution < -0.4 is 5.73 Å². The third-order valence-electron chi connectivity index (χ3n) is 11.9. The maximum absolute atomic E-state index is 6.39. The lowest BCUT2D eigenvalue weighted by molar-refractivity contribution is -0.0518. The summed E-state index contributed by atoms with van der Waals surface area (Å²) >= 11 is 0. The van der Waals surface area contributed by atoms with Crippen LogP contribution in [0.3, 0.4) is 0 Å². The molecule has 0 amide bonds. The maximum Gasteiger partial charge on any atom is 0.00766 e. The van der Waals surface area contributed by atoms with Crippen LogP contribution in [0.25, 0.3) is 0 Å². The minimum Gasteiger partial charge on any atom is -0.327 e. The molecule has 8 atom stereocenters. The molecule has 0 spiro atoms. The molecular weight excluding hydrogens is 398 g/mol. The van der Waals surface area contributed by atoms with E-state index in [-0.39, 0.29) is 0 Å². The zero-order valence-corrected chi connectivity index (χ0v) is 23.8. The summed E-state index contributed by atoms with van der Waals surface area (Å²) in [6.07, 6.45) is 16.5. The van der Waals surface area contributed by atoms with Crippen molar-refractivity contribution >= 4 is 0 Å². The van der Waals surface area contributed by atoms with E-state index in [1.54, 1.807) is 5.57 Å². The van der Waals surface area contributed by atoms with Crippen LogP contribution in [-0.2, 0) is 0 Å². The van der Waals surface area contributed by atoms with Gasteiger partial charge in [-0.25, -0.2) is 0 Å². The molecule has 3 fully saturated rings. The van der Waals surface area contributed by atoms with Crippen molar-refractivity contribution in [3.05, 3.63) is 11.6 Å². The lowest BCUT2D eigenvalue weighted by Gasteiger charge is -2.58. The van der Waals surface area contributed by atoms with Crippen LogP contribution in [0.15, 0.2) is 11.6 Å². The molecule has 4 rings (SSSR count). The second-order valence-electron chi connectivity index (χ2n) is 15.8. The Kier molecular flexibility index (Phi) is 6.77. The van der Waals surface area contributed by atoms with E-state index in [0.717, 1.165) is 35.5 Å². The third kappa shape index (κ3) is 4.51. The summed E-state index contributed by atoms with van der Waals surface area (Å²) in [6, 6.07) is 0.413. The van der Waals surface area contributed by atoms with Crippen molar-refractivity contribution in [3.63, 3.8) is 0 Å². The molecule has 4 aliphatic carbocycles. The van der Waals surface area contributed by atoms with Crippen molar-refractivity contribution in [3.8, 4) is 0 Å². The molecule has 1 nitrogen and oxygen atoms in total. The number of fused-ring (bicyclic) bond motifs is 5. The minimum absolute atomic E-state index is 0.391. The summed E-state index contributed by atoms with van der Waals surface area (Å²) in [4.78, 5) is 0. The van der Waals surface area contributed by atoms with Crippen LogP contribution in [0.4, 0.5) is 0 Å². The van der Waals surface area contributed by atoms with Crippen LogP contribution in [0.5, 0.6) is 0 Å². The van der Waals surface area contributed by atoms with Gasteiger partial charge in [-0.3, -0.25) is 0 Å². The van der Waals surface area contributed by atoms with Crippen molar-refractivity contribution in [2.24, 2.45) is 62.9 Å². The first-order chi connectivity index (χ1) is 15.2. The van der Waals surface area contributed by atoms with Gasteiger partial charge in [-0.05, 0) is 115 Å². The molecule has 0 aliphatic heterocycles. The van der Waals surface area contributed by atoms with E-state index in [2.05, 4.69) is 68.4 Å². The zero-order chi connectivity index (χ0) is 24.4. The molecule has 0 aromatic heterocycles. The Hall–Kier alpha value is -0.300. The number of hydrogen-bond donors (Lipinski definition) is 1. The quantitative estimate of drug-likeness (QED) is 0.420. The van der Waals surface area contributed by atoms with E-state index in [0.29, 0.717) is 27.7 Å². The Balaban J connectivity index is 1.48. The zero-order valence-electron chi connectivity index (χ0n) is 23.8. The fourth-order valence-electron chi connectivity index (χ4n) is 10.5. The van der Waals surface area contributed by atoms with Crippen molar-refractivity contribution in [1.29, 1.82) is 0 Å². The summed E-state index contributed by atoms with van der Waals surface area (Å²) in [7, 11) is 0. The van der Waals surface area contributed by atoms with Gasteiger partial charge < -0.3 is 5.73 Å². The Morgan fingerprint density at radius 2 is 1.58 bits per heavy atom. The standard InChI is InChI=1S/C32H57N/c1-21(10-15-28(29(2,3)4)30(5,6)7)25-13-14-26-24-12-11-22-20-23(33)16-18-31(22,8)27(24)17-19-32(25,26)9/h11,21,23-28H,10,12-20,33H2,1-9H3/t21-,23+,24+,25-,26+,27+,31+,32-/m1/s1. The van der Waals surface area contributed by atoms with Crippen molar-refractivity contribution in [1.82, 2.24) is 0 Å². The summed E-state index contributed by atoms with van der Waals surface area (Å²) in [6.45, 7) is 22.8. The smallest absolute Gasteiger partial charge is 0.00766 e. The van der Waals surface area contributed by atoms with Crippen molar-refractivity contribution < 1.29 is 0 Å². The molecule has 0 bridgehead atoms. The first-order valence-corrected chi connectivity index (χ1v) is 14.6. The molecule has 1 heteroatoms. The Morgan fingerprint density at radius 1 is 0.909 bits per heavy atom. The van der Waals surface area contributed by atoms with Gasteiger partial charge in [-0.2, -0.15) is 0 Å². The molecule has 0 saturated heterocycles. The summed E-state index contributed by atoms with van der Waals surface area (Å²) in [5, 5.41) is 0. The van der Waals surface area contributed by atoms with Gasteiger partial charge in [0.15, 0.2) is 0 Å². The number of allylic oxidation sites excluding steroid dienone is 1. The minimum atomic E-state index is 0.391. The Labute approximate surface area is 207 Å².